The fraction of sp³-hybridized carbons (Fsp3) is 0.381. The van der Waals surface area contributed by atoms with Crippen LogP contribution in [0.3, 0.4) is 0 Å². The first-order valence-electron chi connectivity index (χ1n) is 9.14. The van der Waals surface area contributed by atoms with Crippen molar-refractivity contribution in [2.75, 3.05) is 41.3 Å². The van der Waals surface area contributed by atoms with Gasteiger partial charge in [0.25, 0.3) is 0 Å². The summed E-state index contributed by atoms with van der Waals surface area (Å²) in [5, 5.41) is 3.11. The number of anilines is 3. The highest BCUT2D eigenvalue weighted by Gasteiger charge is 2.20. The maximum atomic E-state index is 12.3. The number of nitrogens with zero attached hydrogens (tertiary/aromatic N) is 2. The van der Waals surface area contributed by atoms with E-state index in [9.17, 15) is 4.79 Å². The molecule has 1 heterocycles. The highest BCUT2D eigenvalue weighted by molar-refractivity contribution is 5.95. The zero-order valence-corrected chi connectivity index (χ0v) is 15.1. The van der Waals surface area contributed by atoms with Gasteiger partial charge in [-0.25, -0.2) is 0 Å². The average molecular weight is 337 g/mol. The van der Waals surface area contributed by atoms with Crippen molar-refractivity contribution < 1.29 is 4.79 Å². The minimum atomic E-state index is 0.0305. The number of amides is 1. The zero-order chi connectivity index (χ0) is 17.6. The molecular formula is C21H27N3O. The number of hydrogen-bond acceptors (Lipinski definition) is 3. The topological polar surface area (TPSA) is 35.6 Å². The number of benzene rings is 2. The van der Waals surface area contributed by atoms with E-state index < -0.39 is 0 Å². The Morgan fingerprint density at radius 3 is 2.24 bits per heavy atom. The molecule has 0 radical (unpaired) electrons. The molecule has 4 nitrogen and oxygen atoms in total. The molecule has 1 aliphatic rings. The second-order valence-corrected chi connectivity index (χ2v) is 6.63. The van der Waals surface area contributed by atoms with Crippen molar-refractivity contribution in [2.45, 2.75) is 20.3 Å². The number of piperazine rings is 1. The van der Waals surface area contributed by atoms with Gasteiger partial charge in [-0.2, -0.15) is 0 Å². The van der Waals surface area contributed by atoms with Crippen LogP contribution in [0, 0.1) is 5.92 Å². The number of nitrogens with one attached hydrogen (secondary N) is 1. The molecular weight excluding hydrogens is 310 g/mol. The first-order chi connectivity index (χ1) is 12.2. The summed E-state index contributed by atoms with van der Waals surface area (Å²) in [5.74, 6) is 0.126. The van der Waals surface area contributed by atoms with Crippen molar-refractivity contribution in [1.82, 2.24) is 0 Å². The molecule has 1 N–H and O–H groups in total. The van der Waals surface area contributed by atoms with Crippen LogP contribution in [0.1, 0.15) is 20.3 Å². The maximum Gasteiger partial charge on any atom is 0.227 e. The van der Waals surface area contributed by atoms with Gasteiger partial charge in [0.05, 0.1) is 11.4 Å². The number of carbonyl (C=O) groups is 1. The number of carbonyl (C=O) groups excluding carboxylic acids is 1. The molecule has 2 aromatic carbocycles. The van der Waals surface area contributed by atoms with E-state index in [1.807, 2.05) is 32.0 Å². The lowest BCUT2D eigenvalue weighted by Gasteiger charge is -2.38. The van der Waals surface area contributed by atoms with E-state index in [1.54, 1.807) is 0 Å². The number of hydrogen-bond donors (Lipinski definition) is 1. The summed E-state index contributed by atoms with van der Waals surface area (Å²) < 4.78 is 0. The molecule has 0 aromatic heterocycles. The molecule has 25 heavy (non-hydrogen) atoms. The summed E-state index contributed by atoms with van der Waals surface area (Å²) in [6.07, 6.45) is 0.851. The van der Waals surface area contributed by atoms with Crippen LogP contribution in [0.5, 0.6) is 0 Å². The molecule has 0 bridgehead atoms. The van der Waals surface area contributed by atoms with Crippen LogP contribution in [0.25, 0.3) is 0 Å². The van der Waals surface area contributed by atoms with Crippen LogP contribution in [0.15, 0.2) is 54.6 Å². The fourth-order valence-corrected chi connectivity index (χ4v) is 3.14. The Hall–Kier alpha value is -2.49. The van der Waals surface area contributed by atoms with Gasteiger partial charge in [0.15, 0.2) is 0 Å². The Morgan fingerprint density at radius 2 is 1.56 bits per heavy atom. The predicted molar refractivity (Wildman–Crippen MR) is 105 cm³/mol. The normalized spacial score (nSPS) is 15.8. The van der Waals surface area contributed by atoms with Gasteiger partial charge in [-0.15, -0.1) is 0 Å². The molecule has 2 aromatic rings. The van der Waals surface area contributed by atoms with Crippen molar-refractivity contribution in [3.05, 3.63) is 54.6 Å². The van der Waals surface area contributed by atoms with Gasteiger partial charge in [-0.3, -0.25) is 4.79 Å². The van der Waals surface area contributed by atoms with E-state index in [-0.39, 0.29) is 11.8 Å². The van der Waals surface area contributed by atoms with Crippen LogP contribution >= 0.6 is 0 Å². The van der Waals surface area contributed by atoms with Crippen molar-refractivity contribution >= 4 is 23.0 Å². The summed E-state index contributed by atoms with van der Waals surface area (Å²) in [5.41, 5.74) is 3.31. The van der Waals surface area contributed by atoms with E-state index in [0.29, 0.717) is 0 Å². The Balaban J connectivity index is 1.68. The minimum Gasteiger partial charge on any atom is -0.368 e. The van der Waals surface area contributed by atoms with Gasteiger partial charge in [0.1, 0.15) is 0 Å². The van der Waals surface area contributed by atoms with Crippen LogP contribution in [0.2, 0.25) is 0 Å². The lowest BCUT2D eigenvalue weighted by Crippen LogP contribution is -2.46. The molecule has 4 heteroatoms. The highest BCUT2D eigenvalue weighted by Crippen LogP contribution is 2.28. The Bertz CT molecular complexity index is 693. The first kappa shape index (κ1) is 17.3. The van der Waals surface area contributed by atoms with Crippen molar-refractivity contribution in [3.63, 3.8) is 0 Å². The molecule has 1 unspecified atom stereocenters. The molecule has 0 aliphatic carbocycles. The van der Waals surface area contributed by atoms with Crippen molar-refractivity contribution in [2.24, 2.45) is 5.92 Å². The minimum absolute atomic E-state index is 0.0305. The quantitative estimate of drug-likeness (QED) is 0.896. The van der Waals surface area contributed by atoms with E-state index >= 15 is 0 Å². The third-order valence-corrected chi connectivity index (χ3v) is 4.96. The van der Waals surface area contributed by atoms with Crippen LogP contribution in [-0.2, 0) is 4.79 Å². The Labute approximate surface area is 150 Å². The Kier molecular flexibility index (Phi) is 5.59. The van der Waals surface area contributed by atoms with E-state index in [0.717, 1.165) is 44.0 Å². The molecule has 1 amide bonds. The molecule has 1 fully saturated rings. The summed E-state index contributed by atoms with van der Waals surface area (Å²) >= 11 is 0. The summed E-state index contributed by atoms with van der Waals surface area (Å²) in [6, 6.07) is 18.7. The van der Waals surface area contributed by atoms with Crippen molar-refractivity contribution in [3.8, 4) is 0 Å². The molecule has 1 aliphatic heterocycles. The van der Waals surface area contributed by atoms with E-state index in [1.165, 1.54) is 5.69 Å². The van der Waals surface area contributed by atoms with Gasteiger partial charge in [0, 0.05) is 37.8 Å². The molecule has 132 valence electrons. The lowest BCUT2D eigenvalue weighted by atomic mass is 10.1. The second kappa shape index (κ2) is 8.06. The summed E-state index contributed by atoms with van der Waals surface area (Å²) in [6.45, 7) is 7.88. The van der Waals surface area contributed by atoms with Crippen LogP contribution < -0.4 is 15.1 Å². The monoisotopic (exact) mass is 337 g/mol. The largest absolute Gasteiger partial charge is 0.368 e. The lowest BCUT2D eigenvalue weighted by molar-refractivity contribution is -0.119. The van der Waals surface area contributed by atoms with Gasteiger partial charge in [-0.05, 0) is 30.7 Å². The summed E-state index contributed by atoms with van der Waals surface area (Å²) in [4.78, 5) is 17.1. The average Bonchev–Trinajstić information content (AvgIpc) is 2.68. The SMILES string of the molecule is CCC(C)C(=O)Nc1ccccc1N1CCN(c2ccccc2)CC1. The third-order valence-electron chi connectivity index (χ3n) is 4.96. The molecule has 1 saturated heterocycles. The molecule has 1 atom stereocenters. The Morgan fingerprint density at radius 1 is 0.960 bits per heavy atom. The smallest absolute Gasteiger partial charge is 0.227 e. The standard InChI is InChI=1S/C21H27N3O/c1-3-17(2)21(25)22-19-11-7-8-12-20(19)24-15-13-23(14-16-24)18-9-5-4-6-10-18/h4-12,17H,3,13-16H2,1-2H3,(H,22,25). The van der Waals surface area contributed by atoms with E-state index in [4.69, 9.17) is 0 Å². The summed E-state index contributed by atoms with van der Waals surface area (Å²) in [7, 11) is 0. The number of para-hydroxylation sites is 3. The zero-order valence-electron chi connectivity index (χ0n) is 15.1. The molecule has 0 saturated carbocycles. The van der Waals surface area contributed by atoms with Crippen LogP contribution in [0.4, 0.5) is 17.1 Å². The third kappa shape index (κ3) is 4.13. The molecule has 0 spiro atoms. The van der Waals surface area contributed by atoms with Gasteiger partial charge >= 0.3 is 0 Å². The van der Waals surface area contributed by atoms with Crippen molar-refractivity contribution in [1.29, 1.82) is 0 Å². The molecule has 3 rings (SSSR count). The van der Waals surface area contributed by atoms with Crippen LogP contribution in [-0.4, -0.2) is 32.1 Å². The van der Waals surface area contributed by atoms with Gasteiger partial charge in [0.2, 0.25) is 5.91 Å². The highest BCUT2D eigenvalue weighted by atomic mass is 16.1. The number of rotatable bonds is 5. The second-order valence-electron chi connectivity index (χ2n) is 6.63. The van der Waals surface area contributed by atoms with Gasteiger partial charge < -0.3 is 15.1 Å². The van der Waals surface area contributed by atoms with E-state index in [2.05, 4.69) is 51.5 Å². The predicted octanol–water partition coefficient (Wildman–Crippen LogP) is 4.00. The fourth-order valence-electron chi connectivity index (χ4n) is 3.14. The first-order valence-corrected chi connectivity index (χ1v) is 9.14. The maximum absolute atomic E-state index is 12.3. The van der Waals surface area contributed by atoms with Gasteiger partial charge in [-0.1, -0.05) is 44.2 Å².